The normalized spacial score (nSPS) is 12.2. The van der Waals surface area contributed by atoms with Gasteiger partial charge in [-0.3, -0.25) is 4.79 Å². The Morgan fingerprint density at radius 1 is 1.03 bits per heavy atom. The van der Waals surface area contributed by atoms with Gasteiger partial charge in [-0.2, -0.15) is 0 Å². The first-order valence-corrected chi connectivity index (χ1v) is 10.4. The van der Waals surface area contributed by atoms with Crippen molar-refractivity contribution in [2.24, 2.45) is 0 Å². The van der Waals surface area contributed by atoms with Crippen molar-refractivity contribution in [2.75, 3.05) is 0 Å². The van der Waals surface area contributed by atoms with Gasteiger partial charge in [0.05, 0.1) is 6.04 Å². The number of amides is 1. The molecule has 1 atom stereocenters. The minimum atomic E-state index is -0.598. The van der Waals surface area contributed by atoms with E-state index in [4.69, 9.17) is 9.47 Å². The van der Waals surface area contributed by atoms with Crippen LogP contribution in [0.5, 0.6) is 5.75 Å². The van der Waals surface area contributed by atoms with Crippen molar-refractivity contribution in [3.8, 4) is 5.75 Å². The van der Waals surface area contributed by atoms with Gasteiger partial charge in [0.2, 0.25) is 0 Å². The Bertz CT molecular complexity index is 883. The smallest absolute Gasteiger partial charge is 0.408 e. The largest absolute Gasteiger partial charge is 0.444 e. The Labute approximate surface area is 179 Å². The Balaban J connectivity index is 2.13. The van der Waals surface area contributed by atoms with E-state index >= 15 is 0 Å². The number of rotatable bonds is 7. The van der Waals surface area contributed by atoms with E-state index in [0.717, 1.165) is 23.1 Å². The summed E-state index contributed by atoms with van der Waals surface area (Å²) < 4.78 is 10.9. The Hall–Kier alpha value is -2.82. The molecule has 2 rings (SSSR count). The van der Waals surface area contributed by atoms with Crippen LogP contribution in [0.2, 0.25) is 0 Å². The zero-order chi connectivity index (χ0) is 22.3. The molecular weight excluding hydrogens is 378 g/mol. The van der Waals surface area contributed by atoms with Gasteiger partial charge in [0, 0.05) is 6.42 Å². The topological polar surface area (TPSA) is 64.6 Å². The van der Waals surface area contributed by atoms with Gasteiger partial charge in [-0.25, -0.2) is 4.79 Å². The molecule has 1 N–H and O–H groups in total. The van der Waals surface area contributed by atoms with Gasteiger partial charge in [-0.15, -0.1) is 0 Å². The molecule has 0 aliphatic heterocycles. The van der Waals surface area contributed by atoms with E-state index in [1.165, 1.54) is 5.56 Å². The first-order valence-electron chi connectivity index (χ1n) is 10.4. The highest BCUT2D eigenvalue weighted by Gasteiger charge is 2.23. The summed E-state index contributed by atoms with van der Waals surface area (Å²) in [6.07, 6.45) is 1.02. The lowest BCUT2D eigenvalue weighted by atomic mass is 9.95. The number of carbonyl (C=O) groups excluding carboxylic acids is 2. The van der Waals surface area contributed by atoms with Gasteiger partial charge in [0.1, 0.15) is 11.4 Å². The fourth-order valence-corrected chi connectivity index (χ4v) is 3.21. The van der Waals surface area contributed by atoms with Crippen LogP contribution in [0, 0.1) is 13.8 Å². The lowest BCUT2D eigenvalue weighted by Gasteiger charge is -2.25. The number of hydrogen-bond donors (Lipinski definition) is 1. The summed E-state index contributed by atoms with van der Waals surface area (Å²) in [6, 6.07) is 13.2. The number of ether oxygens (including phenoxy) is 2. The minimum absolute atomic E-state index is 0.170. The molecule has 0 saturated carbocycles. The van der Waals surface area contributed by atoms with Crippen LogP contribution < -0.4 is 10.1 Å². The molecule has 1 unspecified atom stereocenters. The average molecular weight is 412 g/mol. The number of aryl methyl sites for hydroxylation is 3. The summed E-state index contributed by atoms with van der Waals surface area (Å²) in [5, 5.41) is 2.93. The maximum absolute atomic E-state index is 12.4. The van der Waals surface area contributed by atoms with E-state index in [1.807, 2.05) is 58.9 Å². The third-order valence-corrected chi connectivity index (χ3v) is 4.76. The molecule has 162 valence electrons. The van der Waals surface area contributed by atoms with Crippen molar-refractivity contribution in [1.29, 1.82) is 0 Å². The lowest BCUT2D eigenvalue weighted by molar-refractivity contribution is -0.134. The van der Waals surface area contributed by atoms with Crippen LogP contribution in [-0.2, 0) is 16.0 Å². The zero-order valence-electron chi connectivity index (χ0n) is 18.9. The number of benzene rings is 2. The van der Waals surface area contributed by atoms with Gasteiger partial charge < -0.3 is 14.8 Å². The molecule has 0 fully saturated rings. The molecule has 2 aromatic carbocycles. The molecule has 0 saturated heterocycles. The second-order valence-corrected chi connectivity index (χ2v) is 8.52. The van der Waals surface area contributed by atoms with Crippen LogP contribution >= 0.6 is 0 Å². The van der Waals surface area contributed by atoms with E-state index < -0.39 is 11.7 Å². The molecule has 30 heavy (non-hydrogen) atoms. The molecule has 0 aromatic heterocycles. The SMILES string of the molecule is CCc1ccc(C(CCC(=O)Oc2ccccc2C)NC(=O)OC(C)(C)C)c(C)c1. The molecule has 5 heteroatoms. The van der Waals surface area contributed by atoms with Crippen LogP contribution in [0.4, 0.5) is 4.79 Å². The number of esters is 1. The maximum Gasteiger partial charge on any atom is 0.408 e. The quantitative estimate of drug-likeness (QED) is 0.461. The van der Waals surface area contributed by atoms with Crippen molar-refractivity contribution in [1.82, 2.24) is 5.32 Å². The van der Waals surface area contributed by atoms with E-state index in [2.05, 4.69) is 24.4 Å². The minimum Gasteiger partial charge on any atom is -0.444 e. The Kier molecular flexibility index (Phi) is 8.04. The predicted octanol–water partition coefficient (Wildman–Crippen LogP) is 5.82. The first kappa shape index (κ1) is 23.5. The summed E-state index contributed by atoms with van der Waals surface area (Å²) in [5.74, 6) is 0.228. The lowest BCUT2D eigenvalue weighted by Crippen LogP contribution is -2.35. The molecule has 0 bridgehead atoms. The molecule has 0 aliphatic carbocycles. The van der Waals surface area contributed by atoms with Crippen molar-refractivity contribution in [2.45, 2.75) is 72.4 Å². The van der Waals surface area contributed by atoms with E-state index in [0.29, 0.717) is 12.2 Å². The highest BCUT2D eigenvalue weighted by molar-refractivity contribution is 5.73. The summed E-state index contributed by atoms with van der Waals surface area (Å²) in [7, 11) is 0. The average Bonchev–Trinajstić information content (AvgIpc) is 2.65. The van der Waals surface area contributed by atoms with Crippen molar-refractivity contribution < 1.29 is 19.1 Å². The van der Waals surface area contributed by atoms with Gasteiger partial charge in [-0.05, 0) is 75.8 Å². The Morgan fingerprint density at radius 2 is 1.73 bits per heavy atom. The van der Waals surface area contributed by atoms with Crippen LogP contribution in [0.1, 0.15) is 68.8 Å². The molecule has 1 amide bonds. The van der Waals surface area contributed by atoms with Crippen molar-refractivity contribution >= 4 is 12.1 Å². The third kappa shape index (κ3) is 7.21. The molecule has 2 aromatic rings. The van der Waals surface area contributed by atoms with E-state index in [-0.39, 0.29) is 18.4 Å². The van der Waals surface area contributed by atoms with Crippen LogP contribution in [0.15, 0.2) is 42.5 Å². The number of nitrogens with one attached hydrogen (secondary N) is 1. The fourth-order valence-electron chi connectivity index (χ4n) is 3.21. The van der Waals surface area contributed by atoms with Gasteiger partial charge in [-0.1, -0.05) is 43.3 Å². The molecule has 0 radical (unpaired) electrons. The summed E-state index contributed by atoms with van der Waals surface area (Å²) >= 11 is 0. The van der Waals surface area contributed by atoms with Crippen LogP contribution in [-0.4, -0.2) is 17.7 Å². The molecule has 0 heterocycles. The number of para-hydroxylation sites is 1. The van der Waals surface area contributed by atoms with E-state index in [9.17, 15) is 9.59 Å². The number of hydrogen-bond acceptors (Lipinski definition) is 4. The highest BCUT2D eigenvalue weighted by atomic mass is 16.6. The van der Waals surface area contributed by atoms with Crippen LogP contribution in [0.3, 0.4) is 0 Å². The van der Waals surface area contributed by atoms with Gasteiger partial charge in [0.15, 0.2) is 0 Å². The second kappa shape index (κ2) is 10.3. The van der Waals surface area contributed by atoms with Crippen LogP contribution in [0.25, 0.3) is 0 Å². The summed E-state index contributed by atoms with van der Waals surface area (Å²) in [4.78, 5) is 24.8. The maximum atomic E-state index is 12.4. The standard InChI is InChI=1S/C25H33NO4/c1-7-19-12-13-20(18(3)16-19)21(26-24(28)30-25(4,5)6)14-15-23(27)29-22-11-9-8-10-17(22)2/h8-13,16,21H,7,14-15H2,1-6H3,(H,26,28). The molecule has 5 nitrogen and oxygen atoms in total. The van der Waals surface area contributed by atoms with Gasteiger partial charge >= 0.3 is 12.1 Å². The zero-order valence-corrected chi connectivity index (χ0v) is 18.9. The van der Waals surface area contributed by atoms with Crippen molar-refractivity contribution in [3.63, 3.8) is 0 Å². The van der Waals surface area contributed by atoms with Crippen molar-refractivity contribution in [3.05, 3.63) is 64.7 Å². The molecular formula is C25H33NO4. The van der Waals surface area contributed by atoms with E-state index in [1.54, 1.807) is 6.07 Å². The van der Waals surface area contributed by atoms with Gasteiger partial charge in [0.25, 0.3) is 0 Å². The number of alkyl carbamates (subject to hydrolysis) is 1. The highest BCUT2D eigenvalue weighted by Crippen LogP contribution is 2.25. The first-order chi connectivity index (χ1) is 14.1. The molecule has 0 spiro atoms. The summed E-state index contributed by atoms with van der Waals surface area (Å²) in [5.41, 5.74) is 3.58. The monoisotopic (exact) mass is 411 g/mol. The summed E-state index contributed by atoms with van der Waals surface area (Å²) in [6.45, 7) is 11.5. The fraction of sp³-hybridized carbons (Fsp3) is 0.440. The predicted molar refractivity (Wildman–Crippen MR) is 119 cm³/mol. The molecule has 0 aliphatic rings. The second-order valence-electron chi connectivity index (χ2n) is 8.52. The number of carbonyl (C=O) groups is 2. The third-order valence-electron chi connectivity index (χ3n) is 4.76. The Morgan fingerprint density at radius 3 is 2.33 bits per heavy atom.